The smallest absolute Gasteiger partial charge is 0.356 e. The number of amides is 2. The molecule has 4 heterocycles. The highest BCUT2D eigenvalue weighted by Gasteiger charge is 2.39. The number of hydrogen-bond acceptors (Lipinski definition) is 5. The summed E-state index contributed by atoms with van der Waals surface area (Å²) in [7, 11) is 0. The number of carbonyl (C=O) groups is 2. The monoisotopic (exact) mass is 713 g/mol. The third-order valence-corrected chi connectivity index (χ3v) is 8.65. The van der Waals surface area contributed by atoms with Crippen LogP contribution in [0.15, 0.2) is 24.5 Å². The third kappa shape index (κ3) is 13.6. The number of hydrogen-bond donors (Lipinski definition) is 2. The molecule has 2 aliphatic rings. The molecule has 3 aromatic rings. The topological polar surface area (TPSA) is 106 Å². The number of rotatable bonds is 10. The predicted octanol–water partition coefficient (Wildman–Crippen LogP) is 9.12. The molecule has 50 heavy (non-hydrogen) atoms. The average molecular weight is 714 g/mol. The van der Waals surface area contributed by atoms with E-state index in [1.165, 1.54) is 5.56 Å². The van der Waals surface area contributed by atoms with E-state index < -0.39 is 18.1 Å². The van der Waals surface area contributed by atoms with Crippen molar-refractivity contribution in [2.75, 3.05) is 6.54 Å². The van der Waals surface area contributed by atoms with Crippen LogP contribution in [0.1, 0.15) is 152 Å². The summed E-state index contributed by atoms with van der Waals surface area (Å²) < 4.78 is 62.4. The van der Waals surface area contributed by atoms with Gasteiger partial charge in [-0.1, -0.05) is 40.5 Å². The molecule has 0 radical (unpaired) electrons. The second-order valence-electron chi connectivity index (χ2n) is 12.7. The normalized spacial score (nSPS) is 16.6. The minimum atomic E-state index is -4.00. The van der Waals surface area contributed by atoms with Crippen LogP contribution in [0.25, 0.3) is 5.65 Å². The number of aromatic nitrogens is 5. The Morgan fingerprint density at radius 2 is 1.72 bits per heavy atom. The molecule has 0 bridgehead atoms. The van der Waals surface area contributed by atoms with Crippen molar-refractivity contribution in [3.05, 3.63) is 47.2 Å². The first-order valence-corrected chi connectivity index (χ1v) is 18.1. The number of nitrogens with one attached hydrogen (secondary N) is 2. The van der Waals surface area contributed by atoms with E-state index in [0.717, 1.165) is 62.8 Å². The van der Waals surface area contributed by atoms with E-state index in [1.807, 2.05) is 33.9 Å². The molecular weight excluding hydrogens is 657 g/mol. The second kappa shape index (κ2) is 20.3. The van der Waals surface area contributed by atoms with Gasteiger partial charge in [0, 0.05) is 45.5 Å². The summed E-state index contributed by atoms with van der Waals surface area (Å²) in [5.41, 5.74) is 4.02. The highest BCUT2D eigenvalue weighted by molar-refractivity contribution is 5.92. The summed E-state index contributed by atoms with van der Waals surface area (Å²) in [4.78, 5) is 28.5. The zero-order chi connectivity index (χ0) is 37.5. The van der Waals surface area contributed by atoms with Gasteiger partial charge < -0.3 is 10.6 Å². The SMILES string of the molecule is CC.CC(F)(F)F.CCCC(CCC)c1cc2nc(C(NC(=O)c3ccnn3CC)C3CCC(F)(F)CC3)cn2nc1C.O=C1CCCCN1. The summed E-state index contributed by atoms with van der Waals surface area (Å²) >= 11 is 0. The quantitative estimate of drug-likeness (QED) is 0.204. The number of aryl methyl sites for hydroxylation is 2. The molecule has 14 heteroatoms. The molecule has 2 N–H and O–H groups in total. The molecule has 1 unspecified atom stereocenters. The lowest BCUT2D eigenvalue weighted by Crippen LogP contribution is -2.38. The van der Waals surface area contributed by atoms with Gasteiger partial charge in [-0.3, -0.25) is 14.3 Å². The fourth-order valence-corrected chi connectivity index (χ4v) is 6.31. The molecule has 1 aliphatic carbocycles. The Balaban J connectivity index is 0.000000520. The van der Waals surface area contributed by atoms with Crippen LogP contribution in [-0.2, 0) is 11.3 Å². The summed E-state index contributed by atoms with van der Waals surface area (Å²) in [5.74, 6) is -2.41. The lowest BCUT2D eigenvalue weighted by molar-refractivity contribution is -0.122. The highest BCUT2D eigenvalue weighted by Crippen LogP contribution is 2.41. The van der Waals surface area contributed by atoms with Crippen LogP contribution in [0.3, 0.4) is 0 Å². The molecule has 2 fully saturated rings. The Morgan fingerprint density at radius 3 is 2.22 bits per heavy atom. The molecule has 282 valence electrons. The minimum absolute atomic E-state index is 0.134. The van der Waals surface area contributed by atoms with Crippen LogP contribution < -0.4 is 10.6 Å². The third-order valence-electron chi connectivity index (χ3n) is 8.65. The standard InChI is InChI=1S/C27H38F2N6O.C5H9NO.C2H3F3.C2H6/c1-5-8-19(9-6-2)21-16-24-31-22(17-35(24)33-18(21)4)25(20-10-13-27(28,29)14-11-20)32-26(36)23-12-15-30-34(23)7-3;7-5-3-1-2-4-6-5;1-2(3,4)5;1-2/h12,15-17,19-20,25H,5-11,13-14H2,1-4H3,(H,32,36);1-4H2,(H,6,7);1H3;1-2H3. The van der Waals surface area contributed by atoms with Crippen molar-refractivity contribution in [3.63, 3.8) is 0 Å². The fourth-order valence-electron chi connectivity index (χ4n) is 6.31. The van der Waals surface area contributed by atoms with E-state index in [1.54, 1.807) is 21.5 Å². The van der Waals surface area contributed by atoms with Crippen LogP contribution >= 0.6 is 0 Å². The maximum absolute atomic E-state index is 14.0. The van der Waals surface area contributed by atoms with Gasteiger partial charge in [-0.2, -0.15) is 23.4 Å². The Bertz CT molecular complexity index is 1440. The number of nitrogens with zero attached hydrogens (tertiary/aromatic N) is 5. The van der Waals surface area contributed by atoms with Gasteiger partial charge in [0.25, 0.3) is 5.91 Å². The number of imidazole rings is 1. The largest absolute Gasteiger partial charge is 0.386 e. The molecule has 1 aliphatic heterocycles. The summed E-state index contributed by atoms with van der Waals surface area (Å²) in [6.07, 6.45) is 7.10. The van der Waals surface area contributed by atoms with Crippen LogP contribution in [0.5, 0.6) is 0 Å². The van der Waals surface area contributed by atoms with E-state index in [0.29, 0.717) is 36.7 Å². The number of fused-ring (bicyclic) bond motifs is 1. The number of halogens is 5. The van der Waals surface area contributed by atoms with Gasteiger partial charge in [0.15, 0.2) is 5.65 Å². The van der Waals surface area contributed by atoms with E-state index in [9.17, 15) is 31.5 Å². The maximum Gasteiger partial charge on any atom is 0.386 e. The molecular formula is C36H56F5N7O2. The van der Waals surface area contributed by atoms with Crippen molar-refractivity contribution < 1.29 is 31.5 Å². The molecule has 0 spiro atoms. The first-order chi connectivity index (χ1) is 23.7. The molecule has 2 amide bonds. The maximum atomic E-state index is 14.0. The Morgan fingerprint density at radius 1 is 1.10 bits per heavy atom. The van der Waals surface area contributed by atoms with Crippen LogP contribution in [-0.4, -0.2) is 54.8 Å². The number of piperidine rings is 1. The van der Waals surface area contributed by atoms with Gasteiger partial charge in [0.2, 0.25) is 11.8 Å². The first kappa shape index (κ1) is 42.6. The second-order valence-corrected chi connectivity index (χ2v) is 12.7. The van der Waals surface area contributed by atoms with E-state index in [2.05, 4.69) is 35.6 Å². The van der Waals surface area contributed by atoms with Crippen molar-refractivity contribution in [1.82, 2.24) is 35.0 Å². The first-order valence-electron chi connectivity index (χ1n) is 18.1. The van der Waals surface area contributed by atoms with E-state index >= 15 is 0 Å². The molecule has 1 saturated heterocycles. The fraction of sp³-hybridized carbons (Fsp3) is 0.694. The number of alkyl halides is 5. The predicted molar refractivity (Wildman–Crippen MR) is 185 cm³/mol. The summed E-state index contributed by atoms with van der Waals surface area (Å²) in [6.45, 7) is 14.0. The van der Waals surface area contributed by atoms with Crippen LogP contribution in [0.4, 0.5) is 22.0 Å². The summed E-state index contributed by atoms with van der Waals surface area (Å²) in [5, 5.41) is 14.8. The molecule has 3 aromatic heterocycles. The lowest BCUT2D eigenvalue weighted by atomic mass is 9.81. The van der Waals surface area contributed by atoms with Gasteiger partial charge in [-0.15, -0.1) is 0 Å². The zero-order valence-electron chi connectivity index (χ0n) is 30.7. The molecule has 1 saturated carbocycles. The Labute approximate surface area is 293 Å². The summed E-state index contributed by atoms with van der Waals surface area (Å²) in [6, 6.07) is 3.30. The van der Waals surface area contributed by atoms with Crippen molar-refractivity contribution in [2.24, 2.45) is 5.92 Å². The molecule has 0 aromatic carbocycles. The zero-order valence-corrected chi connectivity index (χ0v) is 30.7. The molecule has 9 nitrogen and oxygen atoms in total. The van der Waals surface area contributed by atoms with Crippen molar-refractivity contribution >= 4 is 17.5 Å². The van der Waals surface area contributed by atoms with Gasteiger partial charge in [0.1, 0.15) is 5.69 Å². The van der Waals surface area contributed by atoms with Gasteiger partial charge >= 0.3 is 6.18 Å². The molecule has 5 rings (SSSR count). The Kier molecular flexibility index (Phi) is 17.3. The van der Waals surface area contributed by atoms with Gasteiger partial charge in [-0.05, 0) is 81.9 Å². The van der Waals surface area contributed by atoms with Crippen molar-refractivity contribution in [2.45, 2.75) is 150 Å². The molecule has 1 atom stereocenters. The highest BCUT2D eigenvalue weighted by atomic mass is 19.4. The average Bonchev–Trinajstić information content (AvgIpc) is 3.71. The van der Waals surface area contributed by atoms with Crippen LogP contribution in [0, 0.1) is 12.8 Å². The van der Waals surface area contributed by atoms with E-state index in [-0.39, 0.29) is 37.5 Å². The van der Waals surface area contributed by atoms with Crippen molar-refractivity contribution in [3.8, 4) is 0 Å². The van der Waals surface area contributed by atoms with E-state index in [4.69, 9.17) is 10.1 Å². The van der Waals surface area contributed by atoms with Crippen LogP contribution in [0.2, 0.25) is 0 Å². The minimum Gasteiger partial charge on any atom is -0.356 e. The van der Waals surface area contributed by atoms with Crippen molar-refractivity contribution in [1.29, 1.82) is 0 Å². The van der Waals surface area contributed by atoms with Gasteiger partial charge in [-0.25, -0.2) is 18.3 Å². The Hall–Kier alpha value is -3.58. The number of carbonyl (C=O) groups excluding carboxylic acids is 2. The lowest BCUT2D eigenvalue weighted by Gasteiger charge is -2.33. The van der Waals surface area contributed by atoms with Gasteiger partial charge in [0.05, 0.1) is 23.6 Å².